The van der Waals surface area contributed by atoms with E-state index in [4.69, 9.17) is 9.47 Å². The number of carbonyl (C=O) groups excluding carboxylic acids is 1. The van der Waals surface area contributed by atoms with Gasteiger partial charge in [-0.05, 0) is 18.6 Å². The summed E-state index contributed by atoms with van der Waals surface area (Å²) in [7, 11) is -0.793. The van der Waals surface area contributed by atoms with Crippen LogP contribution in [0.1, 0.15) is 19.8 Å². The first kappa shape index (κ1) is 18.5. The summed E-state index contributed by atoms with van der Waals surface area (Å²) in [6.07, 6.45) is 1.29. The Labute approximate surface area is 143 Å². The summed E-state index contributed by atoms with van der Waals surface area (Å²) in [5, 5.41) is 0. The van der Waals surface area contributed by atoms with E-state index in [0.29, 0.717) is 25.3 Å². The third kappa shape index (κ3) is 3.81. The molecular formula is C16H24N2O5S. The fourth-order valence-electron chi connectivity index (χ4n) is 2.67. The number of hydrogen-bond donors (Lipinski definition) is 0. The lowest BCUT2D eigenvalue weighted by Crippen LogP contribution is -2.50. The highest BCUT2D eigenvalue weighted by atomic mass is 32.2. The van der Waals surface area contributed by atoms with Gasteiger partial charge in [0, 0.05) is 38.7 Å². The van der Waals surface area contributed by atoms with E-state index in [1.807, 2.05) is 6.92 Å². The quantitative estimate of drug-likeness (QED) is 0.769. The van der Waals surface area contributed by atoms with Gasteiger partial charge in [-0.3, -0.25) is 4.79 Å². The molecule has 1 aliphatic rings. The highest BCUT2D eigenvalue weighted by Crippen LogP contribution is 2.31. The average molecular weight is 356 g/mol. The SMILES string of the molecule is CCCC(=O)N1CCN(S(=O)(=O)c2cc(OC)ccc2OC)CC1. The fourth-order valence-corrected chi connectivity index (χ4v) is 4.27. The largest absolute Gasteiger partial charge is 0.497 e. The Hall–Kier alpha value is -1.80. The van der Waals surface area contributed by atoms with Crippen LogP contribution in [0.5, 0.6) is 11.5 Å². The van der Waals surface area contributed by atoms with Gasteiger partial charge in [-0.15, -0.1) is 0 Å². The van der Waals surface area contributed by atoms with Gasteiger partial charge in [-0.1, -0.05) is 6.92 Å². The molecular weight excluding hydrogens is 332 g/mol. The smallest absolute Gasteiger partial charge is 0.247 e. The number of amides is 1. The summed E-state index contributed by atoms with van der Waals surface area (Å²) < 4.78 is 37.5. The Balaban J connectivity index is 2.19. The van der Waals surface area contributed by atoms with Crippen LogP contribution in [0, 0.1) is 0 Å². The minimum absolute atomic E-state index is 0.0773. The summed E-state index contributed by atoms with van der Waals surface area (Å²) in [6, 6.07) is 4.69. The fraction of sp³-hybridized carbons (Fsp3) is 0.562. The lowest BCUT2D eigenvalue weighted by atomic mass is 10.2. The van der Waals surface area contributed by atoms with Crippen LogP contribution in [-0.4, -0.2) is 63.9 Å². The van der Waals surface area contributed by atoms with Crippen LogP contribution in [0.2, 0.25) is 0 Å². The molecule has 0 bridgehead atoms. The number of hydrogen-bond acceptors (Lipinski definition) is 5. The van der Waals surface area contributed by atoms with Gasteiger partial charge in [0.05, 0.1) is 14.2 Å². The van der Waals surface area contributed by atoms with Crippen LogP contribution < -0.4 is 9.47 Å². The average Bonchev–Trinajstić information content (AvgIpc) is 2.61. The van der Waals surface area contributed by atoms with Crippen molar-refractivity contribution in [1.29, 1.82) is 0 Å². The topological polar surface area (TPSA) is 76.2 Å². The Morgan fingerprint density at radius 1 is 1.12 bits per heavy atom. The molecule has 0 saturated carbocycles. The van der Waals surface area contributed by atoms with Crippen LogP contribution >= 0.6 is 0 Å². The zero-order valence-corrected chi connectivity index (χ0v) is 15.1. The molecule has 0 unspecified atom stereocenters. The van der Waals surface area contributed by atoms with Crippen LogP contribution in [0.3, 0.4) is 0 Å². The van der Waals surface area contributed by atoms with Gasteiger partial charge in [0.1, 0.15) is 16.4 Å². The second kappa shape index (κ2) is 7.85. The Morgan fingerprint density at radius 2 is 1.79 bits per heavy atom. The minimum Gasteiger partial charge on any atom is -0.497 e. The van der Waals surface area contributed by atoms with Crippen molar-refractivity contribution in [3.05, 3.63) is 18.2 Å². The van der Waals surface area contributed by atoms with Crippen molar-refractivity contribution in [3.63, 3.8) is 0 Å². The third-order valence-electron chi connectivity index (χ3n) is 4.04. The van der Waals surface area contributed by atoms with Gasteiger partial charge in [-0.25, -0.2) is 8.42 Å². The van der Waals surface area contributed by atoms with E-state index in [9.17, 15) is 13.2 Å². The maximum absolute atomic E-state index is 12.9. The molecule has 1 heterocycles. The van der Waals surface area contributed by atoms with Crippen molar-refractivity contribution in [2.24, 2.45) is 0 Å². The van der Waals surface area contributed by atoms with E-state index in [1.165, 1.54) is 24.6 Å². The van der Waals surface area contributed by atoms with Crippen LogP contribution in [0.4, 0.5) is 0 Å². The van der Waals surface area contributed by atoms with Crippen LogP contribution in [0.25, 0.3) is 0 Å². The summed E-state index contributed by atoms with van der Waals surface area (Å²) in [5.74, 6) is 0.805. The number of ether oxygens (including phenoxy) is 2. The molecule has 0 radical (unpaired) electrons. The third-order valence-corrected chi connectivity index (χ3v) is 5.96. The molecule has 24 heavy (non-hydrogen) atoms. The van der Waals surface area contributed by atoms with E-state index in [-0.39, 0.29) is 29.6 Å². The highest BCUT2D eigenvalue weighted by Gasteiger charge is 2.32. The number of benzene rings is 1. The molecule has 1 aromatic rings. The van der Waals surface area contributed by atoms with E-state index in [1.54, 1.807) is 17.0 Å². The summed E-state index contributed by atoms with van der Waals surface area (Å²) in [5.41, 5.74) is 0. The van der Waals surface area contributed by atoms with Crippen molar-refractivity contribution in [3.8, 4) is 11.5 Å². The molecule has 1 aromatic carbocycles. The van der Waals surface area contributed by atoms with Crippen LogP contribution in [0.15, 0.2) is 23.1 Å². The molecule has 134 valence electrons. The number of carbonyl (C=O) groups is 1. The minimum atomic E-state index is -3.71. The molecule has 1 fully saturated rings. The zero-order chi connectivity index (χ0) is 17.7. The van der Waals surface area contributed by atoms with Crippen molar-refractivity contribution < 1.29 is 22.7 Å². The summed E-state index contributed by atoms with van der Waals surface area (Å²) in [4.78, 5) is 13.7. The highest BCUT2D eigenvalue weighted by molar-refractivity contribution is 7.89. The molecule has 8 heteroatoms. The molecule has 1 aliphatic heterocycles. The Morgan fingerprint density at radius 3 is 2.33 bits per heavy atom. The zero-order valence-electron chi connectivity index (χ0n) is 14.3. The van der Waals surface area contributed by atoms with E-state index in [0.717, 1.165) is 6.42 Å². The summed E-state index contributed by atoms with van der Waals surface area (Å²) >= 11 is 0. The first-order valence-corrected chi connectivity index (χ1v) is 9.38. The van der Waals surface area contributed by atoms with Crippen LogP contribution in [-0.2, 0) is 14.8 Å². The molecule has 2 rings (SSSR count). The molecule has 0 aliphatic carbocycles. The second-order valence-corrected chi connectivity index (χ2v) is 7.46. The number of sulfonamides is 1. The van der Waals surface area contributed by atoms with Gasteiger partial charge in [-0.2, -0.15) is 4.31 Å². The molecule has 7 nitrogen and oxygen atoms in total. The van der Waals surface area contributed by atoms with Crippen molar-refractivity contribution in [2.75, 3.05) is 40.4 Å². The molecule has 1 saturated heterocycles. The number of rotatable bonds is 6. The second-order valence-electron chi connectivity index (χ2n) is 5.55. The summed E-state index contributed by atoms with van der Waals surface area (Å²) in [6.45, 7) is 3.32. The maximum Gasteiger partial charge on any atom is 0.247 e. The standard InChI is InChI=1S/C16H24N2O5S/c1-4-5-16(19)17-8-10-18(11-9-17)24(20,21)15-12-13(22-2)6-7-14(15)23-3/h6-7,12H,4-5,8-11H2,1-3H3. The van der Waals surface area contributed by atoms with Gasteiger partial charge in [0.15, 0.2) is 0 Å². The molecule has 0 N–H and O–H groups in total. The maximum atomic E-state index is 12.9. The van der Waals surface area contributed by atoms with Gasteiger partial charge >= 0.3 is 0 Å². The van der Waals surface area contributed by atoms with Crippen molar-refractivity contribution in [2.45, 2.75) is 24.7 Å². The molecule has 0 aromatic heterocycles. The van der Waals surface area contributed by atoms with Gasteiger partial charge < -0.3 is 14.4 Å². The number of methoxy groups -OCH3 is 2. The number of nitrogens with zero attached hydrogens (tertiary/aromatic N) is 2. The predicted molar refractivity (Wildman–Crippen MR) is 89.8 cm³/mol. The molecule has 0 spiro atoms. The Bertz CT molecular complexity index is 682. The Kier molecular flexibility index (Phi) is 6.06. The van der Waals surface area contributed by atoms with E-state index < -0.39 is 10.0 Å². The molecule has 0 atom stereocenters. The van der Waals surface area contributed by atoms with Gasteiger partial charge in [0.25, 0.3) is 0 Å². The monoisotopic (exact) mass is 356 g/mol. The van der Waals surface area contributed by atoms with Gasteiger partial charge in [0.2, 0.25) is 15.9 Å². The van der Waals surface area contributed by atoms with E-state index in [2.05, 4.69) is 0 Å². The first-order chi connectivity index (χ1) is 11.4. The normalized spacial score (nSPS) is 16.0. The van der Waals surface area contributed by atoms with Crippen molar-refractivity contribution in [1.82, 2.24) is 9.21 Å². The predicted octanol–water partition coefficient (Wildman–Crippen LogP) is 1.34. The number of piperazine rings is 1. The first-order valence-electron chi connectivity index (χ1n) is 7.94. The molecule has 1 amide bonds. The lowest BCUT2D eigenvalue weighted by molar-refractivity contribution is -0.132. The lowest BCUT2D eigenvalue weighted by Gasteiger charge is -2.34. The van der Waals surface area contributed by atoms with Crippen molar-refractivity contribution >= 4 is 15.9 Å². The van der Waals surface area contributed by atoms with E-state index >= 15 is 0 Å².